The van der Waals surface area contributed by atoms with E-state index in [2.05, 4.69) is 0 Å². The molecule has 0 amide bonds. The summed E-state index contributed by atoms with van der Waals surface area (Å²) < 4.78 is 21.6. The summed E-state index contributed by atoms with van der Waals surface area (Å²) in [7, 11) is 4.32. The lowest BCUT2D eigenvalue weighted by molar-refractivity contribution is -0.134. The molecule has 0 saturated heterocycles. The highest BCUT2D eigenvalue weighted by Gasteiger charge is 2.29. The normalized spacial score (nSPS) is 10.4. The van der Waals surface area contributed by atoms with E-state index >= 15 is 0 Å². The Morgan fingerprint density at radius 3 is 2.11 bits per heavy atom. The fourth-order valence-corrected chi connectivity index (χ4v) is 3.05. The molecule has 0 saturated carbocycles. The van der Waals surface area contributed by atoms with Gasteiger partial charge in [0.1, 0.15) is 5.75 Å². The van der Waals surface area contributed by atoms with Gasteiger partial charge in [-0.1, -0.05) is 18.5 Å². The second-order valence-corrected chi connectivity index (χ2v) is 6.45. The zero-order valence-electron chi connectivity index (χ0n) is 16.8. The predicted molar refractivity (Wildman–Crippen MR) is 106 cm³/mol. The maximum atomic E-state index is 13.5. The summed E-state index contributed by atoms with van der Waals surface area (Å²) in [5, 5.41) is 0.437. The molecule has 0 aliphatic heterocycles. The fraction of sp³-hybridized carbons (Fsp3) is 0.333. The summed E-state index contributed by atoms with van der Waals surface area (Å²) in [5.41, 5.74) is 1.73. The van der Waals surface area contributed by atoms with Crippen molar-refractivity contribution in [3.05, 3.63) is 45.5 Å². The first-order chi connectivity index (χ1) is 13.3. The van der Waals surface area contributed by atoms with Crippen LogP contribution in [0.2, 0.25) is 5.02 Å². The van der Waals surface area contributed by atoms with Crippen LogP contribution in [0, 0.1) is 13.8 Å². The molecule has 6 nitrogen and oxygen atoms in total. The number of methoxy groups -OCH3 is 3. The number of hydrogen-bond acceptors (Lipinski definition) is 6. The van der Waals surface area contributed by atoms with E-state index < -0.39 is 5.97 Å². The molecule has 0 spiro atoms. The highest BCUT2D eigenvalue weighted by Crippen LogP contribution is 2.44. The minimum absolute atomic E-state index is 0.0597. The van der Waals surface area contributed by atoms with Gasteiger partial charge < -0.3 is 18.9 Å². The van der Waals surface area contributed by atoms with Gasteiger partial charge in [0.15, 0.2) is 11.5 Å². The number of aryl methyl sites for hydroxylation is 1. The summed E-state index contributed by atoms with van der Waals surface area (Å²) in [6, 6.07) is 4.92. The van der Waals surface area contributed by atoms with Crippen LogP contribution in [0.3, 0.4) is 0 Å². The van der Waals surface area contributed by atoms with E-state index in [-0.39, 0.29) is 29.3 Å². The maximum Gasteiger partial charge on any atom is 0.311 e. The number of esters is 1. The Morgan fingerprint density at radius 2 is 1.57 bits per heavy atom. The second-order valence-electron chi connectivity index (χ2n) is 6.04. The van der Waals surface area contributed by atoms with Gasteiger partial charge in [-0.25, -0.2) is 0 Å². The van der Waals surface area contributed by atoms with Crippen molar-refractivity contribution in [1.29, 1.82) is 0 Å². The Kier molecular flexibility index (Phi) is 6.91. The standard InChI is InChI=1S/C21H23ClO6/c1-7-16(23)28-20-15(26-5)10-11(2)17(21(20)27-6)19(24)18-12(3)13(22)8-9-14(18)25-4/h8-10H,7H2,1-6H3. The number of carbonyl (C=O) groups excluding carboxylic acids is 2. The van der Waals surface area contributed by atoms with Gasteiger partial charge in [0.25, 0.3) is 0 Å². The number of carbonyl (C=O) groups is 2. The monoisotopic (exact) mass is 406 g/mol. The lowest BCUT2D eigenvalue weighted by atomic mass is 9.93. The number of halogens is 1. The molecule has 0 aromatic heterocycles. The van der Waals surface area contributed by atoms with Crippen LogP contribution in [0.4, 0.5) is 0 Å². The van der Waals surface area contributed by atoms with E-state index in [1.165, 1.54) is 21.3 Å². The van der Waals surface area contributed by atoms with Crippen molar-refractivity contribution in [2.45, 2.75) is 27.2 Å². The molecule has 0 unspecified atom stereocenters. The van der Waals surface area contributed by atoms with Crippen LogP contribution < -0.4 is 18.9 Å². The molecule has 7 heteroatoms. The van der Waals surface area contributed by atoms with Crippen LogP contribution in [-0.4, -0.2) is 33.1 Å². The van der Waals surface area contributed by atoms with Gasteiger partial charge in [0.2, 0.25) is 11.5 Å². The van der Waals surface area contributed by atoms with Gasteiger partial charge in [-0.2, -0.15) is 0 Å². The molecule has 150 valence electrons. The van der Waals surface area contributed by atoms with Gasteiger partial charge in [-0.3, -0.25) is 9.59 Å². The molecule has 28 heavy (non-hydrogen) atoms. The maximum absolute atomic E-state index is 13.5. The Morgan fingerprint density at radius 1 is 0.929 bits per heavy atom. The van der Waals surface area contributed by atoms with E-state index in [9.17, 15) is 9.59 Å². The first-order valence-corrected chi connectivity index (χ1v) is 9.02. The SMILES string of the molecule is CCC(=O)Oc1c(OC)cc(C)c(C(=O)c2c(OC)ccc(Cl)c2C)c1OC. The summed E-state index contributed by atoms with van der Waals surface area (Å²) in [6.45, 7) is 5.15. The molecule has 0 atom stereocenters. The lowest BCUT2D eigenvalue weighted by Gasteiger charge is -2.19. The zero-order chi connectivity index (χ0) is 21.0. The quantitative estimate of drug-likeness (QED) is 0.382. The molecular formula is C21H23ClO6. The van der Waals surface area contributed by atoms with Gasteiger partial charge in [-0.05, 0) is 43.2 Å². The van der Waals surface area contributed by atoms with Crippen molar-refractivity contribution in [2.24, 2.45) is 0 Å². The average molecular weight is 407 g/mol. The van der Waals surface area contributed by atoms with Crippen LogP contribution in [0.1, 0.15) is 40.4 Å². The van der Waals surface area contributed by atoms with E-state index in [4.69, 9.17) is 30.5 Å². The van der Waals surface area contributed by atoms with E-state index in [0.717, 1.165) is 0 Å². The third-order valence-corrected chi connectivity index (χ3v) is 4.77. The predicted octanol–water partition coefficient (Wildman–Crippen LogP) is 4.53. The van der Waals surface area contributed by atoms with Crippen LogP contribution in [-0.2, 0) is 4.79 Å². The Labute approximate surface area is 169 Å². The summed E-state index contributed by atoms with van der Waals surface area (Å²) in [5.74, 6) is 0.0197. The van der Waals surface area contributed by atoms with Crippen molar-refractivity contribution in [2.75, 3.05) is 21.3 Å². The molecule has 0 fully saturated rings. The lowest BCUT2D eigenvalue weighted by Crippen LogP contribution is -2.14. The van der Waals surface area contributed by atoms with Gasteiger partial charge >= 0.3 is 5.97 Å². The Bertz CT molecular complexity index is 920. The Balaban J connectivity index is 2.79. The third kappa shape index (κ3) is 3.92. The van der Waals surface area contributed by atoms with E-state index in [0.29, 0.717) is 33.2 Å². The van der Waals surface area contributed by atoms with Crippen LogP contribution in [0.25, 0.3) is 0 Å². The number of rotatable bonds is 7. The molecule has 2 rings (SSSR count). The van der Waals surface area contributed by atoms with Crippen LogP contribution in [0.15, 0.2) is 18.2 Å². The smallest absolute Gasteiger partial charge is 0.311 e. The molecule has 0 heterocycles. The number of ketones is 1. The summed E-state index contributed by atoms with van der Waals surface area (Å²) >= 11 is 6.23. The van der Waals surface area contributed by atoms with Crippen LogP contribution in [0.5, 0.6) is 23.0 Å². The third-order valence-electron chi connectivity index (χ3n) is 4.36. The molecule has 2 aromatic rings. The summed E-state index contributed by atoms with van der Waals surface area (Å²) in [4.78, 5) is 25.4. The molecule has 0 N–H and O–H groups in total. The minimum atomic E-state index is -0.477. The second kappa shape index (κ2) is 8.97. The fourth-order valence-electron chi connectivity index (χ4n) is 2.89. The number of benzene rings is 2. The van der Waals surface area contributed by atoms with Crippen molar-refractivity contribution < 1.29 is 28.5 Å². The van der Waals surface area contributed by atoms with E-state index in [1.54, 1.807) is 39.0 Å². The van der Waals surface area contributed by atoms with Crippen molar-refractivity contribution >= 4 is 23.4 Å². The Hall–Kier alpha value is -2.73. The van der Waals surface area contributed by atoms with Gasteiger partial charge in [-0.15, -0.1) is 0 Å². The molecule has 0 aliphatic carbocycles. The minimum Gasteiger partial charge on any atom is -0.496 e. The van der Waals surface area contributed by atoms with Crippen molar-refractivity contribution in [3.8, 4) is 23.0 Å². The largest absolute Gasteiger partial charge is 0.496 e. The first-order valence-electron chi connectivity index (χ1n) is 8.64. The first kappa shape index (κ1) is 21.6. The average Bonchev–Trinajstić information content (AvgIpc) is 2.69. The van der Waals surface area contributed by atoms with Crippen molar-refractivity contribution in [1.82, 2.24) is 0 Å². The highest BCUT2D eigenvalue weighted by molar-refractivity contribution is 6.32. The molecular weight excluding hydrogens is 384 g/mol. The van der Waals surface area contributed by atoms with Gasteiger partial charge in [0.05, 0.1) is 32.5 Å². The summed E-state index contributed by atoms with van der Waals surface area (Å²) in [6.07, 6.45) is 0.157. The van der Waals surface area contributed by atoms with Gasteiger partial charge in [0, 0.05) is 11.4 Å². The number of ether oxygens (including phenoxy) is 4. The molecule has 0 aliphatic rings. The zero-order valence-corrected chi connectivity index (χ0v) is 17.5. The molecule has 0 bridgehead atoms. The molecule has 0 radical (unpaired) electrons. The van der Waals surface area contributed by atoms with E-state index in [1.807, 2.05) is 0 Å². The topological polar surface area (TPSA) is 71.1 Å². The number of hydrogen-bond donors (Lipinski definition) is 0. The highest BCUT2D eigenvalue weighted by atomic mass is 35.5. The van der Waals surface area contributed by atoms with Crippen LogP contribution >= 0.6 is 11.6 Å². The van der Waals surface area contributed by atoms with Crippen molar-refractivity contribution in [3.63, 3.8) is 0 Å². The molecule has 2 aromatic carbocycles.